The Bertz CT molecular complexity index is 1260. The monoisotopic (exact) mass is 435 g/mol. The first-order valence-corrected chi connectivity index (χ1v) is 11.6. The van der Waals surface area contributed by atoms with Crippen LogP contribution in [0.3, 0.4) is 0 Å². The van der Waals surface area contributed by atoms with E-state index in [-0.39, 0.29) is 5.91 Å². The molecule has 0 unspecified atom stereocenters. The van der Waals surface area contributed by atoms with Gasteiger partial charge in [-0.1, -0.05) is 72.8 Å². The molecule has 0 radical (unpaired) electrons. The molecule has 1 fully saturated rings. The minimum atomic E-state index is 0.105. The van der Waals surface area contributed by atoms with Crippen molar-refractivity contribution < 1.29 is 4.79 Å². The number of carbonyl (C=O) groups is 1. The molecular formula is C29H29N3O. The average Bonchev–Trinajstić information content (AvgIpc) is 2.88. The van der Waals surface area contributed by atoms with E-state index in [4.69, 9.17) is 4.98 Å². The number of benzene rings is 3. The van der Waals surface area contributed by atoms with Gasteiger partial charge in [0, 0.05) is 30.1 Å². The Morgan fingerprint density at radius 1 is 0.818 bits per heavy atom. The van der Waals surface area contributed by atoms with E-state index in [1.165, 1.54) is 11.1 Å². The van der Waals surface area contributed by atoms with Crippen molar-refractivity contribution >= 4 is 16.8 Å². The first-order chi connectivity index (χ1) is 16.1. The third kappa shape index (κ3) is 4.39. The third-order valence-corrected chi connectivity index (χ3v) is 6.72. The van der Waals surface area contributed by atoms with Crippen LogP contribution < -0.4 is 0 Å². The number of likely N-dealkylation sites (tertiary alicyclic amines) is 1. The lowest BCUT2D eigenvalue weighted by Gasteiger charge is -2.35. The van der Waals surface area contributed by atoms with E-state index >= 15 is 0 Å². The van der Waals surface area contributed by atoms with Gasteiger partial charge in [0.25, 0.3) is 5.91 Å². The van der Waals surface area contributed by atoms with Gasteiger partial charge in [0.05, 0.1) is 16.8 Å². The summed E-state index contributed by atoms with van der Waals surface area (Å²) in [5.41, 5.74) is 5.80. The van der Waals surface area contributed by atoms with Crippen molar-refractivity contribution in [3.8, 4) is 22.4 Å². The maximum Gasteiger partial charge on any atom is 0.254 e. The standard InChI is InChI=1S/C29H29N3O/c1-31(2)24-16-18-32(19-17-24)29(33)26-20-28(30-27-11-7-6-10-25(26)27)23-14-12-22(13-15-23)21-8-4-3-5-9-21/h3-15,20,24H,16-19H2,1-2H3. The van der Waals surface area contributed by atoms with Gasteiger partial charge in [-0.05, 0) is 50.2 Å². The molecule has 1 aromatic heterocycles. The SMILES string of the molecule is CN(C)C1CCN(C(=O)c2cc(-c3ccc(-c4ccccc4)cc3)nc3ccccc23)CC1. The lowest BCUT2D eigenvalue weighted by atomic mass is 9.99. The van der Waals surface area contributed by atoms with Crippen LogP contribution >= 0.6 is 0 Å². The molecule has 166 valence electrons. The van der Waals surface area contributed by atoms with Gasteiger partial charge in [0.2, 0.25) is 0 Å². The average molecular weight is 436 g/mol. The molecule has 1 amide bonds. The molecule has 1 saturated heterocycles. The van der Waals surface area contributed by atoms with Crippen LogP contribution in [0, 0.1) is 0 Å². The second kappa shape index (κ2) is 9.16. The minimum absolute atomic E-state index is 0.105. The number of amides is 1. The molecule has 4 heteroatoms. The summed E-state index contributed by atoms with van der Waals surface area (Å²) in [7, 11) is 4.24. The number of para-hydroxylation sites is 1. The molecule has 0 N–H and O–H groups in total. The predicted molar refractivity (Wildman–Crippen MR) is 135 cm³/mol. The van der Waals surface area contributed by atoms with Gasteiger partial charge in [0.15, 0.2) is 0 Å². The summed E-state index contributed by atoms with van der Waals surface area (Å²) >= 11 is 0. The van der Waals surface area contributed by atoms with Gasteiger partial charge < -0.3 is 9.80 Å². The molecule has 1 aliphatic rings. The molecule has 1 aliphatic heterocycles. The van der Waals surface area contributed by atoms with E-state index in [0.717, 1.165) is 53.7 Å². The normalized spacial score (nSPS) is 14.7. The highest BCUT2D eigenvalue weighted by atomic mass is 16.2. The van der Waals surface area contributed by atoms with Crippen LogP contribution in [0.25, 0.3) is 33.3 Å². The van der Waals surface area contributed by atoms with Crippen LogP contribution in [0.15, 0.2) is 84.9 Å². The summed E-state index contributed by atoms with van der Waals surface area (Å²) < 4.78 is 0. The number of piperidine rings is 1. The number of pyridine rings is 1. The summed E-state index contributed by atoms with van der Waals surface area (Å²) in [6.07, 6.45) is 2.02. The van der Waals surface area contributed by atoms with E-state index in [2.05, 4.69) is 55.4 Å². The first-order valence-electron chi connectivity index (χ1n) is 11.6. The number of nitrogens with zero attached hydrogens (tertiary/aromatic N) is 3. The molecule has 3 aromatic carbocycles. The second-order valence-corrected chi connectivity index (χ2v) is 9.00. The highest BCUT2D eigenvalue weighted by Crippen LogP contribution is 2.29. The maximum atomic E-state index is 13.6. The Morgan fingerprint density at radius 2 is 1.42 bits per heavy atom. The summed E-state index contributed by atoms with van der Waals surface area (Å²) in [5, 5.41) is 0.918. The first kappa shape index (κ1) is 21.4. The minimum Gasteiger partial charge on any atom is -0.339 e. The molecule has 5 rings (SSSR count). The van der Waals surface area contributed by atoms with Crippen molar-refractivity contribution in [1.29, 1.82) is 0 Å². The van der Waals surface area contributed by atoms with Crippen molar-refractivity contribution in [3.05, 3.63) is 90.5 Å². The molecule has 4 aromatic rings. The Morgan fingerprint density at radius 3 is 2.12 bits per heavy atom. The summed E-state index contributed by atoms with van der Waals surface area (Å²) in [4.78, 5) is 22.8. The maximum absolute atomic E-state index is 13.6. The number of carbonyl (C=O) groups excluding carboxylic acids is 1. The van der Waals surface area contributed by atoms with Crippen LogP contribution in [0.2, 0.25) is 0 Å². The number of rotatable bonds is 4. The predicted octanol–water partition coefficient (Wildman–Crippen LogP) is 5.74. The smallest absolute Gasteiger partial charge is 0.254 e. The zero-order chi connectivity index (χ0) is 22.8. The molecule has 0 bridgehead atoms. The van der Waals surface area contributed by atoms with Crippen molar-refractivity contribution in [2.75, 3.05) is 27.2 Å². The quantitative estimate of drug-likeness (QED) is 0.410. The van der Waals surface area contributed by atoms with E-state index in [9.17, 15) is 4.79 Å². The van der Waals surface area contributed by atoms with Gasteiger partial charge in [-0.3, -0.25) is 4.79 Å². The van der Waals surface area contributed by atoms with Crippen molar-refractivity contribution in [1.82, 2.24) is 14.8 Å². The zero-order valence-corrected chi connectivity index (χ0v) is 19.2. The van der Waals surface area contributed by atoms with E-state index in [0.29, 0.717) is 6.04 Å². The van der Waals surface area contributed by atoms with Gasteiger partial charge in [-0.2, -0.15) is 0 Å². The Balaban J connectivity index is 1.48. The number of hydrogen-bond acceptors (Lipinski definition) is 3. The summed E-state index contributed by atoms with van der Waals surface area (Å²) in [5.74, 6) is 0.105. The second-order valence-electron chi connectivity index (χ2n) is 9.00. The fourth-order valence-electron chi connectivity index (χ4n) is 4.72. The molecular weight excluding hydrogens is 406 g/mol. The lowest BCUT2D eigenvalue weighted by Crippen LogP contribution is -2.44. The Kier molecular flexibility index (Phi) is 5.93. The topological polar surface area (TPSA) is 36.4 Å². The summed E-state index contributed by atoms with van der Waals surface area (Å²) in [6.45, 7) is 1.58. The molecule has 33 heavy (non-hydrogen) atoms. The number of aromatic nitrogens is 1. The van der Waals surface area contributed by atoms with Crippen molar-refractivity contribution in [2.45, 2.75) is 18.9 Å². The van der Waals surface area contributed by atoms with Gasteiger partial charge in [0.1, 0.15) is 0 Å². The van der Waals surface area contributed by atoms with Crippen molar-refractivity contribution in [2.24, 2.45) is 0 Å². The van der Waals surface area contributed by atoms with Crippen LogP contribution in [0.1, 0.15) is 23.2 Å². The molecule has 0 saturated carbocycles. The van der Waals surface area contributed by atoms with Gasteiger partial charge in [-0.25, -0.2) is 4.98 Å². The van der Waals surface area contributed by atoms with Gasteiger partial charge in [-0.15, -0.1) is 0 Å². The molecule has 4 nitrogen and oxygen atoms in total. The fraction of sp³-hybridized carbons (Fsp3) is 0.241. The third-order valence-electron chi connectivity index (χ3n) is 6.72. The number of hydrogen-bond donors (Lipinski definition) is 0. The fourth-order valence-corrected chi connectivity index (χ4v) is 4.72. The van der Waals surface area contributed by atoms with E-state index < -0.39 is 0 Å². The largest absolute Gasteiger partial charge is 0.339 e. The number of fused-ring (bicyclic) bond motifs is 1. The van der Waals surface area contributed by atoms with Crippen LogP contribution in [-0.4, -0.2) is 53.9 Å². The molecule has 0 atom stereocenters. The molecule has 0 aliphatic carbocycles. The van der Waals surface area contributed by atoms with Crippen LogP contribution in [0.5, 0.6) is 0 Å². The Hall–Kier alpha value is -3.50. The van der Waals surface area contributed by atoms with Crippen LogP contribution in [-0.2, 0) is 0 Å². The van der Waals surface area contributed by atoms with Crippen LogP contribution in [0.4, 0.5) is 0 Å². The highest BCUT2D eigenvalue weighted by molar-refractivity contribution is 6.07. The molecule has 0 spiro atoms. The highest BCUT2D eigenvalue weighted by Gasteiger charge is 2.26. The zero-order valence-electron chi connectivity index (χ0n) is 19.2. The Labute approximate surface area is 195 Å². The van der Waals surface area contributed by atoms with Gasteiger partial charge >= 0.3 is 0 Å². The summed E-state index contributed by atoms with van der Waals surface area (Å²) in [6, 6.07) is 29.2. The lowest BCUT2D eigenvalue weighted by molar-refractivity contribution is 0.0665. The van der Waals surface area contributed by atoms with E-state index in [1.54, 1.807) is 0 Å². The molecule has 2 heterocycles. The van der Waals surface area contributed by atoms with Crippen molar-refractivity contribution in [3.63, 3.8) is 0 Å². The van der Waals surface area contributed by atoms with E-state index in [1.807, 2.05) is 53.4 Å².